The lowest BCUT2D eigenvalue weighted by molar-refractivity contribution is -0.157. The Hall–Kier alpha value is -1.29. The molecule has 0 aliphatic rings. The zero-order valence-electron chi connectivity index (χ0n) is 55.5. The maximum Gasteiger partial charge on any atom is 0.400 e. The van der Waals surface area contributed by atoms with Crippen LogP contribution in [-0.4, -0.2) is 111 Å². The largest absolute Gasteiger partial charge is 0.462 e. The number of ether oxygens (including phenoxy) is 5. The smallest absolute Gasteiger partial charge is 0.400 e. The molecule has 0 fully saturated rings. The van der Waals surface area contributed by atoms with Crippen molar-refractivity contribution in [3.8, 4) is 0 Å². The van der Waals surface area contributed by atoms with Crippen LogP contribution in [0.2, 0.25) is 0 Å². The molecule has 0 saturated carbocycles. The highest BCUT2D eigenvalue weighted by atomic mass is 32.2. The second-order valence-corrected chi connectivity index (χ2v) is 27.1. The van der Waals surface area contributed by atoms with Gasteiger partial charge in [-0.3, -0.25) is 14.4 Å². The Bertz CT molecular complexity index is 1450. The molecule has 0 bridgehead atoms. The lowest BCUT2D eigenvalue weighted by Gasteiger charge is -2.19. The van der Waals surface area contributed by atoms with E-state index in [1.165, 1.54) is 269 Å². The number of esters is 2. The van der Waals surface area contributed by atoms with Crippen molar-refractivity contribution in [2.45, 2.75) is 353 Å². The first kappa shape index (κ1) is 83.7. The Morgan fingerprint density at radius 1 is 0.400 bits per heavy atom. The summed E-state index contributed by atoms with van der Waals surface area (Å²) in [5, 5.41) is 5.11. The molecule has 0 aromatic carbocycles. The van der Waals surface area contributed by atoms with E-state index < -0.39 is 19.9 Å². The fourth-order valence-corrected chi connectivity index (χ4v) is 12.2. The first-order valence-electron chi connectivity index (χ1n) is 36.1. The molecule has 0 aliphatic carbocycles. The number of rotatable bonds is 72. The maximum atomic E-state index is 12.8. The SMILES string of the molecule is CCCCCCCCCCCC(=O)OC[C@H](CSC[C@H](N)C(=O)NCCOCCOCCOCCCCCCCCCCCCCCCCCCCCCCCCCCCCCCCCCNP(=O)(O)O)OC(=O)CCCCCCCCCCC. The summed E-state index contributed by atoms with van der Waals surface area (Å²) < 4.78 is 39.2. The van der Waals surface area contributed by atoms with Gasteiger partial charge in [0.25, 0.3) is 0 Å². The van der Waals surface area contributed by atoms with Crippen LogP contribution in [0.1, 0.15) is 341 Å². The van der Waals surface area contributed by atoms with Gasteiger partial charge in [0.05, 0.1) is 39.1 Å². The summed E-state index contributed by atoms with van der Waals surface area (Å²) in [4.78, 5) is 55.7. The van der Waals surface area contributed by atoms with Gasteiger partial charge in [0.15, 0.2) is 0 Å². The molecule has 0 spiro atoms. The number of thioether (sulfide) groups is 1. The molecule has 0 heterocycles. The van der Waals surface area contributed by atoms with Crippen LogP contribution >= 0.6 is 19.5 Å². The van der Waals surface area contributed by atoms with Crippen molar-refractivity contribution >= 4 is 37.4 Å². The normalized spacial score (nSPS) is 12.5. The highest BCUT2D eigenvalue weighted by Gasteiger charge is 2.20. The number of carbonyl (C=O) groups excluding carboxylic acids is 3. The third-order valence-electron chi connectivity index (χ3n) is 16.2. The monoisotopic (exact) mass is 1250 g/mol. The topological polar surface area (TPSA) is 205 Å². The zero-order chi connectivity index (χ0) is 61.9. The van der Waals surface area contributed by atoms with Crippen LogP contribution in [0.3, 0.4) is 0 Å². The Balaban J connectivity index is 3.70. The van der Waals surface area contributed by atoms with Crippen molar-refractivity contribution in [1.82, 2.24) is 10.4 Å². The van der Waals surface area contributed by atoms with E-state index in [9.17, 15) is 18.9 Å². The molecule has 0 rings (SSSR count). The summed E-state index contributed by atoms with van der Waals surface area (Å²) >= 11 is 1.42. The average molecular weight is 1250 g/mol. The second-order valence-electron chi connectivity index (χ2n) is 24.6. The van der Waals surface area contributed by atoms with Gasteiger partial charge in [0.2, 0.25) is 5.91 Å². The number of nitrogens with one attached hydrogen (secondary N) is 2. The molecule has 16 heteroatoms. The molecule has 0 aliphatic heterocycles. The van der Waals surface area contributed by atoms with Gasteiger partial charge >= 0.3 is 19.7 Å². The Morgan fingerprint density at radius 2 is 0.718 bits per heavy atom. The van der Waals surface area contributed by atoms with Crippen molar-refractivity contribution in [1.29, 1.82) is 0 Å². The maximum absolute atomic E-state index is 12.8. The molecule has 1 amide bonds. The van der Waals surface area contributed by atoms with Crippen LogP contribution in [0.5, 0.6) is 0 Å². The van der Waals surface area contributed by atoms with Crippen molar-refractivity contribution in [3.63, 3.8) is 0 Å². The number of unbranched alkanes of at least 4 members (excludes halogenated alkanes) is 46. The summed E-state index contributed by atoms with van der Waals surface area (Å²) in [5.41, 5.74) is 6.22. The Labute approximate surface area is 527 Å². The second kappa shape index (κ2) is 68.6. The predicted octanol–water partition coefficient (Wildman–Crippen LogP) is 18.3. The van der Waals surface area contributed by atoms with Crippen molar-refractivity contribution in [2.75, 3.05) is 70.8 Å². The van der Waals surface area contributed by atoms with Gasteiger partial charge in [-0.25, -0.2) is 9.65 Å². The minimum absolute atomic E-state index is 0.0109. The Morgan fingerprint density at radius 3 is 1.09 bits per heavy atom. The van der Waals surface area contributed by atoms with Crippen LogP contribution < -0.4 is 16.1 Å². The zero-order valence-corrected chi connectivity index (χ0v) is 57.2. The minimum atomic E-state index is -4.04. The fraction of sp³-hybridized carbons (Fsp3) is 0.957. The van der Waals surface area contributed by atoms with Crippen LogP contribution in [0.4, 0.5) is 0 Å². The molecule has 0 unspecified atom stereocenters. The summed E-state index contributed by atoms with van der Waals surface area (Å²) in [7, 11) is -4.04. The van der Waals surface area contributed by atoms with E-state index in [0.29, 0.717) is 70.5 Å². The van der Waals surface area contributed by atoms with Crippen molar-refractivity contribution < 1.29 is 52.4 Å². The molecule has 0 aromatic rings. The third kappa shape index (κ3) is 70.0. The van der Waals surface area contributed by atoms with E-state index in [-0.39, 0.29) is 24.5 Å². The Kier molecular flexibility index (Phi) is 67.6. The molecular weight excluding hydrogens is 1110 g/mol. The van der Waals surface area contributed by atoms with Crippen LogP contribution in [0.15, 0.2) is 0 Å². The van der Waals surface area contributed by atoms with E-state index in [1.54, 1.807) is 0 Å². The number of hydrogen-bond acceptors (Lipinski definition) is 11. The quantitative estimate of drug-likeness (QED) is 0.0218. The van der Waals surface area contributed by atoms with E-state index in [4.69, 9.17) is 39.2 Å². The molecule has 6 N–H and O–H groups in total. The molecule has 0 aromatic heterocycles. The number of nitrogens with two attached hydrogens (primary N) is 1. The highest BCUT2D eigenvalue weighted by molar-refractivity contribution is 7.99. The summed E-state index contributed by atoms with van der Waals surface area (Å²) in [6, 6.07) is -0.735. The lowest BCUT2D eigenvalue weighted by Crippen LogP contribution is -2.43. The molecule has 85 heavy (non-hydrogen) atoms. The molecule has 0 radical (unpaired) electrons. The van der Waals surface area contributed by atoms with E-state index in [2.05, 4.69) is 24.3 Å². The van der Waals surface area contributed by atoms with Gasteiger partial charge in [-0.15, -0.1) is 0 Å². The molecule has 0 saturated heterocycles. The summed E-state index contributed by atoms with van der Waals surface area (Å²) in [6.45, 7) is 8.40. The summed E-state index contributed by atoms with van der Waals surface area (Å²) in [6.07, 6.45) is 62.6. The van der Waals surface area contributed by atoms with Gasteiger partial charge in [-0.05, 0) is 25.7 Å². The van der Waals surface area contributed by atoms with E-state index in [1.807, 2.05) is 0 Å². The number of hydrogen-bond donors (Lipinski definition) is 5. The van der Waals surface area contributed by atoms with Crippen molar-refractivity contribution in [2.24, 2.45) is 5.73 Å². The van der Waals surface area contributed by atoms with E-state index in [0.717, 1.165) is 64.4 Å². The van der Waals surface area contributed by atoms with Gasteiger partial charge in [0.1, 0.15) is 12.7 Å². The van der Waals surface area contributed by atoms with Crippen molar-refractivity contribution in [3.05, 3.63) is 0 Å². The van der Waals surface area contributed by atoms with Gasteiger partial charge in [-0.1, -0.05) is 303 Å². The van der Waals surface area contributed by atoms with Gasteiger partial charge in [-0.2, -0.15) is 11.8 Å². The van der Waals surface area contributed by atoms with Gasteiger partial charge < -0.3 is 44.5 Å². The first-order chi connectivity index (χ1) is 41.6. The highest BCUT2D eigenvalue weighted by Crippen LogP contribution is 2.28. The first-order valence-corrected chi connectivity index (χ1v) is 38.9. The van der Waals surface area contributed by atoms with Crippen LogP contribution in [0.25, 0.3) is 0 Å². The molecule has 2 atom stereocenters. The molecule has 14 nitrogen and oxygen atoms in total. The van der Waals surface area contributed by atoms with Crippen LogP contribution in [-0.2, 0) is 42.6 Å². The molecular formula is C69H138N3O11PS. The molecule has 506 valence electrons. The number of carbonyl (C=O) groups is 3. The lowest BCUT2D eigenvalue weighted by atomic mass is 10.0. The average Bonchev–Trinajstić information content (AvgIpc) is 3.49. The van der Waals surface area contributed by atoms with Gasteiger partial charge in [0, 0.05) is 44.0 Å². The third-order valence-corrected chi connectivity index (χ3v) is 18.0. The number of amides is 1. The summed E-state index contributed by atoms with van der Waals surface area (Å²) in [5.74, 6) is -0.0649. The van der Waals surface area contributed by atoms with Crippen LogP contribution in [0, 0.1) is 0 Å². The standard InChI is InChI=1S/C69H138N3O11PS/c1-3-5-7-9-11-36-40-44-48-52-67(73)82-62-65(83-68(74)53-49-45-41-37-12-10-8-6-4-2)63-85-64-66(70)69(75)71-55-57-80-59-61-81-60-58-79-56-51-47-43-39-35-33-31-29-27-25-23-21-19-17-15-13-14-16-18-20-22-24-26-28-30-32-34-38-42-46-50-54-72-84(76,77)78/h65-66H,3-64,70H2,1-2H3,(H,71,75)(H3,72,76,77,78)/t65-,66+/m1/s1. The van der Waals surface area contributed by atoms with E-state index >= 15 is 0 Å². The predicted molar refractivity (Wildman–Crippen MR) is 358 cm³/mol. The minimum Gasteiger partial charge on any atom is -0.462 e. The fourth-order valence-electron chi connectivity index (χ4n) is 10.8.